The largest absolute Gasteiger partial charge is 0.478 e. The van der Waals surface area contributed by atoms with Gasteiger partial charge in [0.1, 0.15) is 12.7 Å². The Balaban J connectivity index is 1.85. The van der Waals surface area contributed by atoms with Crippen molar-refractivity contribution in [3.05, 3.63) is 29.7 Å². The molecule has 0 spiro atoms. The number of carboxylic acid groups (broad SMARTS) is 1. The molecule has 0 saturated heterocycles. The van der Waals surface area contributed by atoms with Crippen LogP contribution in [0.15, 0.2) is 24.1 Å². The lowest BCUT2D eigenvalue weighted by Gasteiger charge is -2.02. The predicted octanol–water partition coefficient (Wildman–Crippen LogP) is 1.07. The number of carboxylic acids is 1. The summed E-state index contributed by atoms with van der Waals surface area (Å²) in [6.07, 6.45) is 3.18. The zero-order valence-electron chi connectivity index (χ0n) is 9.24. The smallest absolute Gasteiger partial charge is 0.336 e. The monoisotopic (exact) mass is 266 g/mol. The second-order valence-corrected chi connectivity index (χ2v) is 4.37. The first-order valence-corrected chi connectivity index (χ1v) is 5.97. The molecule has 2 rings (SSSR count). The van der Waals surface area contributed by atoms with Crippen LogP contribution in [0.25, 0.3) is 0 Å². The van der Waals surface area contributed by atoms with E-state index in [4.69, 9.17) is 5.11 Å². The van der Waals surface area contributed by atoms with Crippen LogP contribution in [0.2, 0.25) is 0 Å². The number of nitrogens with one attached hydrogen (secondary N) is 1. The molecule has 0 aliphatic rings. The Morgan fingerprint density at radius 1 is 1.50 bits per heavy atom. The number of carbonyl (C=O) groups excluding carboxylic acids is 1. The molecular formula is C10H10N4O3S. The van der Waals surface area contributed by atoms with Crippen LogP contribution in [0.5, 0.6) is 0 Å². The maximum atomic E-state index is 11.6. The number of hydrogen-bond acceptors (Lipinski definition) is 5. The Bertz CT molecular complexity index is 549. The molecule has 18 heavy (non-hydrogen) atoms. The van der Waals surface area contributed by atoms with Gasteiger partial charge in [-0.2, -0.15) is 5.10 Å². The van der Waals surface area contributed by atoms with Crippen LogP contribution in [-0.4, -0.2) is 31.7 Å². The normalized spacial score (nSPS) is 10.2. The number of nitrogens with zero attached hydrogens (tertiary/aromatic N) is 3. The molecule has 0 aliphatic heterocycles. The molecule has 0 aliphatic carbocycles. The number of aromatic nitrogens is 3. The molecule has 2 N–H and O–H groups in total. The van der Waals surface area contributed by atoms with Crippen molar-refractivity contribution in [3.63, 3.8) is 0 Å². The summed E-state index contributed by atoms with van der Waals surface area (Å²) in [5.41, 5.74) is 0.173. The topological polar surface area (TPSA) is 97.1 Å². The van der Waals surface area contributed by atoms with Crippen molar-refractivity contribution in [1.29, 1.82) is 0 Å². The maximum Gasteiger partial charge on any atom is 0.336 e. The summed E-state index contributed by atoms with van der Waals surface area (Å²) in [6.45, 7) is 0.434. The van der Waals surface area contributed by atoms with Crippen molar-refractivity contribution in [2.24, 2.45) is 0 Å². The van der Waals surface area contributed by atoms with Crippen molar-refractivity contribution >= 4 is 28.2 Å². The van der Waals surface area contributed by atoms with Gasteiger partial charge in [0.2, 0.25) is 5.91 Å². The van der Waals surface area contributed by atoms with Gasteiger partial charge in [0, 0.05) is 11.8 Å². The molecule has 0 bridgehead atoms. The number of aromatic carboxylic acids is 1. The number of thiophene rings is 1. The Hall–Kier alpha value is -2.22. The maximum absolute atomic E-state index is 11.6. The van der Waals surface area contributed by atoms with E-state index in [1.807, 2.05) is 0 Å². The molecule has 1 amide bonds. The van der Waals surface area contributed by atoms with Gasteiger partial charge >= 0.3 is 5.97 Å². The van der Waals surface area contributed by atoms with Gasteiger partial charge in [0.25, 0.3) is 0 Å². The lowest BCUT2D eigenvalue weighted by Crippen LogP contribution is -2.14. The Morgan fingerprint density at radius 2 is 2.33 bits per heavy atom. The van der Waals surface area contributed by atoms with Crippen molar-refractivity contribution < 1.29 is 14.7 Å². The van der Waals surface area contributed by atoms with Gasteiger partial charge in [-0.1, -0.05) is 0 Å². The highest BCUT2D eigenvalue weighted by Crippen LogP contribution is 2.20. The van der Waals surface area contributed by atoms with Crippen LogP contribution >= 0.6 is 11.3 Å². The van der Waals surface area contributed by atoms with Gasteiger partial charge in [-0.15, -0.1) is 11.3 Å². The van der Waals surface area contributed by atoms with Crippen LogP contribution in [0, 0.1) is 0 Å². The van der Waals surface area contributed by atoms with Crippen LogP contribution < -0.4 is 5.32 Å². The van der Waals surface area contributed by atoms with E-state index in [-0.39, 0.29) is 17.9 Å². The molecule has 0 saturated carbocycles. The number of aryl methyl sites for hydroxylation is 1. The number of rotatable bonds is 5. The highest BCUT2D eigenvalue weighted by Gasteiger charge is 2.09. The lowest BCUT2D eigenvalue weighted by molar-refractivity contribution is -0.116. The summed E-state index contributed by atoms with van der Waals surface area (Å²) < 4.78 is 1.55. The van der Waals surface area contributed by atoms with Gasteiger partial charge in [-0.05, 0) is 6.07 Å². The first-order chi connectivity index (χ1) is 8.65. The summed E-state index contributed by atoms with van der Waals surface area (Å²) >= 11 is 1.18. The average molecular weight is 266 g/mol. The van der Waals surface area contributed by atoms with Crippen molar-refractivity contribution in [3.8, 4) is 0 Å². The number of amides is 1. The summed E-state index contributed by atoms with van der Waals surface area (Å²) in [4.78, 5) is 26.0. The quantitative estimate of drug-likeness (QED) is 0.843. The lowest BCUT2D eigenvalue weighted by atomic mass is 10.3. The van der Waals surface area contributed by atoms with E-state index in [1.54, 1.807) is 4.68 Å². The van der Waals surface area contributed by atoms with Crippen LogP contribution in [0.1, 0.15) is 16.8 Å². The minimum atomic E-state index is -1.01. The molecule has 0 atom stereocenters. The summed E-state index contributed by atoms with van der Waals surface area (Å²) in [5.74, 6) is -1.20. The Morgan fingerprint density at radius 3 is 2.94 bits per heavy atom. The van der Waals surface area contributed by atoms with E-state index in [0.717, 1.165) is 0 Å². The van der Waals surface area contributed by atoms with Crippen molar-refractivity contribution in [2.45, 2.75) is 13.0 Å². The zero-order chi connectivity index (χ0) is 13.0. The second kappa shape index (κ2) is 5.41. The Labute approximate surface area is 106 Å². The zero-order valence-corrected chi connectivity index (χ0v) is 10.1. The van der Waals surface area contributed by atoms with E-state index in [2.05, 4.69) is 15.4 Å². The molecule has 2 heterocycles. The minimum absolute atomic E-state index is 0.173. The van der Waals surface area contributed by atoms with Crippen LogP contribution in [-0.2, 0) is 11.3 Å². The van der Waals surface area contributed by atoms with E-state index in [1.165, 1.54) is 35.4 Å². The first kappa shape index (κ1) is 12.2. The predicted molar refractivity (Wildman–Crippen MR) is 64.5 cm³/mol. The molecule has 2 aromatic rings. The van der Waals surface area contributed by atoms with Crippen LogP contribution in [0.4, 0.5) is 5.00 Å². The fourth-order valence-electron chi connectivity index (χ4n) is 1.28. The molecule has 0 aromatic carbocycles. The molecule has 94 valence electrons. The third kappa shape index (κ3) is 3.14. The molecule has 0 radical (unpaired) electrons. The van der Waals surface area contributed by atoms with E-state index < -0.39 is 5.97 Å². The highest BCUT2D eigenvalue weighted by atomic mass is 32.1. The van der Waals surface area contributed by atoms with Crippen molar-refractivity contribution in [1.82, 2.24) is 14.8 Å². The molecule has 8 heteroatoms. The van der Waals surface area contributed by atoms with Crippen LogP contribution in [0.3, 0.4) is 0 Å². The minimum Gasteiger partial charge on any atom is -0.478 e. The van der Waals surface area contributed by atoms with Gasteiger partial charge in [0.05, 0.1) is 17.1 Å². The fourth-order valence-corrected chi connectivity index (χ4v) is 2.07. The molecule has 0 unspecified atom stereocenters. The fraction of sp³-hybridized carbons (Fsp3) is 0.200. The molecule has 0 fully saturated rings. The highest BCUT2D eigenvalue weighted by molar-refractivity contribution is 7.14. The van der Waals surface area contributed by atoms with Gasteiger partial charge in [-0.3, -0.25) is 9.48 Å². The van der Waals surface area contributed by atoms with Crippen molar-refractivity contribution in [2.75, 3.05) is 5.32 Å². The molecule has 2 aromatic heterocycles. The SMILES string of the molecule is O=C(CCn1cncn1)Nc1cc(C(=O)O)cs1. The standard InChI is InChI=1S/C10H10N4O3S/c15-8(1-2-14-6-11-5-12-14)13-9-3-7(4-18-9)10(16)17/h3-6H,1-2H2,(H,13,15)(H,16,17). The van der Waals surface area contributed by atoms with E-state index >= 15 is 0 Å². The third-order valence-corrected chi connectivity index (χ3v) is 2.99. The first-order valence-electron chi connectivity index (χ1n) is 5.09. The summed E-state index contributed by atoms with van der Waals surface area (Å²) in [6, 6.07) is 1.43. The number of carbonyl (C=O) groups is 2. The summed E-state index contributed by atoms with van der Waals surface area (Å²) in [7, 11) is 0. The summed E-state index contributed by atoms with van der Waals surface area (Å²) in [5, 5.41) is 17.2. The van der Waals surface area contributed by atoms with E-state index in [9.17, 15) is 9.59 Å². The second-order valence-electron chi connectivity index (χ2n) is 3.46. The molecular weight excluding hydrogens is 256 g/mol. The van der Waals surface area contributed by atoms with Gasteiger partial charge in [0.15, 0.2) is 0 Å². The van der Waals surface area contributed by atoms with Gasteiger partial charge < -0.3 is 10.4 Å². The number of anilines is 1. The van der Waals surface area contributed by atoms with Gasteiger partial charge in [-0.25, -0.2) is 9.78 Å². The van der Waals surface area contributed by atoms with E-state index in [0.29, 0.717) is 11.5 Å². The average Bonchev–Trinajstić information content (AvgIpc) is 2.96. The number of hydrogen-bond donors (Lipinski definition) is 2. The molecule has 7 nitrogen and oxygen atoms in total. The third-order valence-electron chi connectivity index (χ3n) is 2.14. The Kier molecular flexibility index (Phi) is 3.68.